The molecule has 0 heterocycles. The Morgan fingerprint density at radius 3 is 3.11 bits per heavy atom. The number of rotatable bonds is 2. The third-order valence-electron chi connectivity index (χ3n) is 0.636. The summed E-state index contributed by atoms with van der Waals surface area (Å²) in [5.74, 6) is -0.757. The van der Waals surface area contributed by atoms with Gasteiger partial charge in [-0.05, 0) is 0 Å². The summed E-state index contributed by atoms with van der Waals surface area (Å²) in [5, 5.41) is 8.31. The van der Waals surface area contributed by atoms with Crippen LogP contribution in [0.25, 0.3) is 0 Å². The van der Waals surface area contributed by atoms with Crippen LogP contribution >= 0.6 is 0 Å². The average molecular weight is 131 g/mol. The molecule has 0 aromatic carbocycles. The maximum absolute atomic E-state index is 10.6. The second-order valence-electron chi connectivity index (χ2n) is 1.26. The van der Waals surface area contributed by atoms with Crippen LogP contribution in [0.4, 0.5) is 0 Å². The van der Waals surface area contributed by atoms with Gasteiger partial charge in [0, 0.05) is 11.1 Å². The summed E-state index contributed by atoms with van der Waals surface area (Å²) in [4.78, 5) is 10.9. The van der Waals surface area contributed by atoms with E-state index in [2.05, 4.69) is 4.74 Å². The van der Waals surface area contributed by atoms with Crippen molar-refractivity contribution in [3.63, 3.8) is 0 Å². The summed E-state index contributed by atoms with van der Waals surface area (Å²) >= 11 is 0. The van der Waals surface area contributed by atoms with Crippen molar-refractivity contribution in [2.45, 2.75) is 0 Å². The number of hydrogen-bond acceptors (Lipinski definition) is 4. The predicted molar refractivity (Wildman–Crippen MR) is 30.3 cm³/mol. The zero-order valence-corrected chi connectivity index (χ0v) is 4.92. The molecule has 0 fully saturated rings. The molecule has 0 aliphatic heterocycles. The van der Waals surface area contributed by atoms with E-state index in [1.807, 2.05) is 0 Å². The van der Waals surface area contributed by atoms with Crippen LogP contribution in [0.15, 0.2) is 0 Å². The summed E-state index contributed by atoms with van der Waals surface area (Å²) in [7, 11) is 1.12. The van der Waals surface area contributed by atoms with Gasteiger partial charge in [0.1, 0.15) is 6.54 Å². The van der Waals surface area contributed by atoms with E-state index in [1.54, 1.807) is 0 Å². The molecule has 0 unspecified atom stereocenters. The first-order chi connectivity index (χ1) is 5.41. The zero-order valence-electron chi connectivity index (χ0n) is 7.92. The normalized spacial score (nSPS) is 14.0. The van der Waals surface area contributed by atoms with Crippen molar-refractivity contribution in [3.8, 4) is 6.19 Å². The highest BCUT2D eigenvalue weighted by Gasteiger charge is 2.01. The van der Waals surface area contributed by atoms with Crippen LogP contribution in [0, 0.1) is 11.5 Å². The number of carbonyl (C=O) groups excluding carboxylic acids is 1. The number of hydrogen-bond donors (Lipinski definition) is 0. The maximum atomic E-state index is 10.6. The lowest BCUT2D eigenvalue weighted by atomic mass is 10.6. The highest BCUT2D eigenvalue weighted by molar-refractivity contribution is 5.71. The van der Waals surface area contributed by atoms with E-state index in [-0.39, 0.29) is 0 Å². The standard InChI is InChI=1S/C5H8N2O2/c1-7(4-6)3-5(8)9-2/h3H2,1-2H3/i1D3. The smallest absolute Gasteiger partial charge is 0.326 e. The van der Waals surface area contributed by atoms with Crippen LogP contribution in [0.2, 0.25) is 0 Å². The summed E-state index contributed by atoms with van der Waals surface area (Å²) in [5.41, 5.74) is 0. The van der Waals surface area contributed by atoms with Gasteiger partial charge in [0.25, 0.3) is 0 Å². The molecule has 0 aliphatic rings. The van der Waals surface area contributed by atoms with Crippen molar-refractivity contribution >= 4 is 5.97 Å². The van der Waals surface area contributed by atoms with Crippen LogP contribution in [-0.4, -0.2) is 31.5 Å². The van der Waals surface area contributed by atoms with E-state index in [9.17, 15) is 4.79 Å². The maximum Gasteiger partial charge on any atom is 0.326 e. The predicted octanol–water partition coefficient (Wildman–Crippen LogP) is -0.428. The number of methoxy groups -OCH3 is 1. The van der Waals surface area contributed by atoms with Crippen molar-refractivity contribution in [2.24, 2.45) is 0 Å². The molecule has 0 saturated heterocycles. The summed E-state index contributed by atoms with van der Waals surface area (Å²) in [6, 6.07) is 0. The van der Waals surface area contributed by atoms with E-state index >= 15 is 0 Å². The van der Waals surface area contributed by atoms with Gasteiger partial charge in [-0.1, -0.05) is 0 Å². The molecule has 0 radical (unpaired) electrons. The second-order valence-corrected chi connectivity index (χ2v) is 1.26. The van der Waals surface area contributed by atoms with Crippen molar-refractivity contribution in [2.75, 3.05) is 20.6 Å². The number of carbonyl (C=O) groups is 1. The first-order valence-corrected chi connectivity index (χ1v) is 2.16. The van der Waals surface area contributed by atoms with Gasteiger partial charge in [-0.3, -0.25) is 4.79 Å². The molecule has 9 heavy (non-hydrogen) atoms. The molecular weight excluding hydrogens is 120 g/mol. The van der Waals surface area contributed by atoms with Crippen LogP contribution < -0.4 is 0 Å². The van der Waals surface area contributed by atoms with E-state index in [1.165, 1.54) is 6.19 Å². The van der Waals surface area contributed by atoms with E-state index < -0.39 is 19.5 Å². The quantitative estimate of drug-likeness (QED) is 0.290. The molecule has 0 aromatic heterocycles. The molecule has 0 rings (SSSR count). The van der Waals surface area contributed by atoms with Gasteiger partial charge in [0.05, 0.1) is 7.11 Å². The van der Waals surface area contributed by atoms with Crippen molar-refractivity contribution < 1.29 is 13.6 Å². The number of esters is 1. The third-order valence-corrected chi connectivity index (χ3v) is 0.636. The van der Waals surface area contributed by atoms with Gasteiger partial charge < -0.3 is 9.64 Å². The number of nitrogens with zero attached hydrogens (tertiary/aromatic N) is 2. The van der Waals surface area contributed by atoms with Gasteiger partial charge in [-0.2, -0.15) is 5.26 Å². The minimum Gasteiger partial charge on any atom is -0.468 e. The molecule has 0 atom stereocenters. The molecule has 4 heteroatoms. The monoisotopic (exact) mass is 131 g/mol. The minimum atomic E-state index is -2.58. The van der Waals surface area contributed by atoms with E-state index in [0.29, 0.717) is 4.90 Å². The Bertz CT molecular complexity index is 208. The summed E-state index contributed by atoms with van der Waals surface area (Å²) in [6.07, 6.45) is 1.38. The Balaban J connectivity index is 4.22. The van der Waals surface area contributed by atoms with E-state index in [0.717, 1.165) is 7.11 Å². The topological polar surface area (TPSA) is 53.3 Å². The lowest BCUT2D eigenvalue weighted by Gasteiger charge is -2.04. The minimum absolute atomic E-state index is 0.374. The Morgan fingerprint density at radius 1 is 2.11 bits per heavy atom. The first-order valence-electron chi connectivity index (χ1n) is 3.66. The molecule has 0 amide bonds. The molecule has 0 N–H and O–H groups in total. The average Bonchev–Trinajstić information content (AvgIpc) is 1.97. The Hall–Kier alpha value is -1.24. The van der Waals surface area contributed by atoms with Crippen molar-refractivity contribution in [1.29, 1.82) is 5.26 Å². The Morgan fingerprint density at radius 2 is 2.78 bits per heavy atom. The van der Waals surface area contributed by atoms with Gasteiger partial charge in [-0.25, -0.2) is 0 Å². The number of ether oxygens (including phenoxy) is 1. The highest BCUT2D eigenvalue weighted by atomic mass is 16.5. The molecular formula is C5H8N2O2. The fourth-order valence-corrected chi connectivity index (χ4v) is 0.229. The molecule has 4 nitrogen and oxygen atoms in total. The number of likely N-dealkylation sites (N-methyl/N-ethyl adjacent to an activating group) is 1. The summed E-state index contributed by atoms with van der Waals surface area (Å²) < 4.78 is 24.6. The van der Waals surface area contributed by atoms with Crippen molar-refractivity contribution in [3.05, 3.63) is 0 Å². The SMILES string of the molecule is [2H]C([2H])([2H])N(C#N)CC(=O)OC. The molecule has 0 aromatic rings. The molecule has 0 spiro atoms. The first kappa shape index (κ1) is 3.72. The Labute approximate surface area is 57.8 Å². The molecule has 50 valence electrons. The lowest BCUT2D eigenvalue weighted by molar-refractivity contribution is -0.140. The van der Waals surface area contributed by atoms with Crippen LogP contribution in [0.5, 0.6) is 0 Å². The second kappa shape index (κ2) is 3.72. The van der Waals surface area contributed by atoms with Crippen molar-refractivity contribution in [1.82, 2.24) is 4.90 Å². The van der Waals surface area contributed by atoms with Crippen LogP contribution in [0.3, 0.4) is 0 Å². The molecule has 0 bridgehead atoms. The highest BCUT2D eigenvalue weighted by Crippen LogP contribution is 1.78. The summed E-state index contributed by atoms with van der Waals surface area (Å²) in [6.45, 7) is -3.13. The van der Waals surface area contributed by atoms with Gasteiger partial charge in [0.2, 0.25) is 0 Å². The van der Waals surface area contributed by atoms with E-state index in [4.69, 9.17) is 9.37 Å². The largest absolute Gasteiger partial charge is 0.468 e. The fourth-order valence-electron chi connectivity index (χ4n) is 0.229. The number of nitriles is 1. The molecule has 0 saturated carbocycles. The Kier molecular flexibility index (Phi) is 1.54. The molecule has 0 aliphatic carbocycles. The van der Waals surface area contributed by atoms with Gasteiger partial charge in [0.15, 0.2) is 6.19 Å². The fraction of sp³-hybridized carbons (Fsp3) is 0.600. The van der Waals surface area contributed by atoms with Gasteiger partial charge in [-0.15, -0.1) is 0 Å². The zero-order chi connectivity index (χ0) is 9.78. The third kappa shape index (κ3) is 3.35. The van der Waals surface area contributed by atoms with Crippen LogP contribution in [-0.2, 0) is 9.53 Å². The van der Waals surface area contributed by atoms with Crippen LogP contribution in [0.1, 0.15) is 4.11 Å². The lowest BCUT2D eigenvalue weighted by Crippen LogP contribution is -2.21. The van der Waals surface area contributed by atoms with Gasteiger partial charge >= 0.3 is 5.97 Å².